The second-order valence-corrected chi connectivity index (χ2v) is 5.95. The first-order valence-electron chi connectivity index (χ1n) is 6.56. The Morgan fingerprint density at radius 2 is 2.16 bits per heavy atom. The quantitative estimate of drug-likeness (QED) is 0.815. The van der Waals surface area contributed by atoms with E-state index in [4.69, 9.17) is 9.15 Å². The Labute approximate surface area is 122 Å². The molecule has 2 rings (SSSR count). The van der Waals surface area contributed by atoms with Crippen LogP contribution in [0.5, 0.6) is 5.75 Å². The highest BCUT2D eigenvalue weighted by Crippen LogP contribution is 2.32. The molecule has 3 nitrogen and oxygen atoms in total. The normalized spacial score (nSPS) is 11.4. The van der Waals surface area contributed by atoms with Crippen molar-refractivity contribution in [3.8, 4) is 5.75 Å². The van der Waals surface area contributed by atoms with Gasteiger partial charge >= 0.3 is 0 Å². The summed E-state index contributed by atoms with van der Waals surface area (Å²) in [7, 11) is 1.68. The molecule has 0 bridgehead atoms. The van der Waals surface area contributed by atoms with Crippen molar-refractivity contribution < 1.29 is 9.15 Å². The minimum absolute atomic E-state index is 0.676. The van der Waals surface area contributed by atoms with Gasteiger partial charge in [0.2, 0.25) is 0 Å². The highest BCUT2D eigenvalue weighted by molar-refractivity contribution is 9.10. The summed E-state index contributed by atoms with van der Waals surface area (Å²) in [6, 6.07) is 3.95. The fraction of sp³-hybridized carbons (Fsp3) is 0.467. The smallest absolute Gasteiger partial charge is 0.148 e. The molecule has 0 aliphatic rings. The largest absolute Gasteiger partial charge is 0.497 e. The van der Waals surface area contributed by atoms with Crippen LogP contribution >= 0.6 is 15.9 Å². The molecule has 0 saturated carbocycles. The summed E-state index contributed by atoms with van der Waals surface area (Å²) in [4.78, 5) is 0. The van der Waals surface area contributed by atoms with Crippen molar-refractivity contribution in [3.05, 3.63) is 28.4 Å². The van der Waals surface area contributed by atoms with Crippen LogP contribution in [-0.2, 0) is 6.42 Å². The molecule has 0 aliphatic carbocycles. The number of hydrogen-bond acceptors (Lipinski definition) is 3. The number of benzene rings is 1. The van der Waals surface area contributed by atoms with Crippen LogP contribution in [0.3, 0.4) is 0 Å². The zero-order valence-corrected chi connectivity index (χ0v) is 13.2. The van der Waals surface area contributed by atoms with Gasteiger partial charge in [-0.1, -0.05) is 13.8 Å². The van der Waals surface area contributed by atoms with Gasteiger partial charge in [-0.05, 0) is 59.1 Å². The lowest BCUT2D eigenvalue weighted by Gasteiger charge is -2.06. The van der Waals surface area contributed by atoms with E-state index in [1.165, 1.54) is 5.56 Å². The number of furan rings is 1. The van der Waals surface area contributed by atoms with Crippen LogP contribution < -0.4 is 10.1 Å². The first-order valence-corrected chi connectivity index (χ1v) is 7.35. The van der Waals surface area contributed by atoms with Crippen molar-refractivity contribution in [2.24, 2.45) is 5.92 Å². The Morgan fingerprint density at radius 3 is 2.84 bits per heavy atom. The zero-order valence-electron chi connectivity index (χ0n) is 11.6. The van der Waals surface area contributed by atoms with Gasteiger partial charge in [-0.3, -0.25) is 0 Å². The maximum atomic E-state index is 5.63. The first kappa shape index (κ1) is 14.4. The highest BCUT2D eigenvalue weighted by atomic mass is 79.9. The standard InChI is InChI=1S/C15H20BrNO2/c1-10(2)8-17-5-4-11-9-19-15-13(11)6-12(18-3)7-14(15)16/h6-7,9-10,17H,4-5,8H2,1-3H3. The van der Waals surface area contributed by atoms with Crippen molar-refractivity contribution in [2.75, 3.05) is 20.2 Å². The van der Waals surface area contributed by atoms with Crippen LogP contribution in [0.1, 0.15) is 19.4 Å². The molecule has 0 atom stereocenters. The van der Waals surface area contributed by atoms with Gasteiger partial charge in [0, 0.05) is 5.39 Å². The Hall–Kier alpha value is -1.00. The van der Waals surface area contributed by atoms with Gasteiger partial charge in [-0.2, -0.15) is 0 Å². The van der Waals surface area contributed by atoms with Crippen LogP contribution in [0.15, 0.2) is 27.3 Å². The van der Waals surface area contributed by atoms with E-state index in [0.29, 0.717) is 5.92 Å². The predicted octanol–water partition coefficient (Wildman–Crippen LogP) is 3.99. The molecule has 0 aliphatic heterocycles. The number of fused-ring (bicyclic) bond motifs is 1. The molecule has 1 aromatic carbocycles. The van der Waals surface area contributed by atoms with E-state index in [2.05, 4.69) is 35.1 Å². The van der Waals surface area contributed by atoms with Gasteiger partial charge in [-0.25, -0.2) is 0 Å². The molecule has 0 fully saturated rings. The van der Waals surface area contributed by atoms with Crippen molar-refractivity contribution in [2.45, 2.75) is 20.3 Å². The van der Waals surface area contributed by atoms with E-state index >= 15 is 0 Å². The third-order valence-corrected chi connectivity index (χ3v) is 3.63. The first-order chi connectivity index (χ1) is 9.11. The Kier molecular flexibility index (Phi) is 4.88. The number of nitrogens with one attached hydrogen (secondary N) is 1. The number of ether oxygens (including phenoxy) is 1. The second kappa shape index (κ2) is 6.44. The second-order valence-electron chi connectivity index (χ2n) is 5.09. The molecule has 1 heterocycles. The summed E-state index contributed by atoms with van der Waals surface area (Å²) >= 11 is 3.51. The molecular formula is C15H20BrNO2. The van der Waals surface area contributed by atoms with Crippen LogP contribution in [0.25, 0.3) is 11.0 Å². The maximum absolute atomic E-state index is 5.63. The highest BCUT2D eigenvalue weighted by Gasteiger charge is 2.11. The molecule has 0 amide bonds. The molecule has 0 saturated heterocycles. The van der Waals surface area contributed by atoms with Crippen molar-refractivity contribution >= 4 is 26.9 Å². The van der Waals surface area contributed by atoms with E-state index in [-0.39, 0.29) is 0 Å². The Balaban J connectivity index is 2.13. The molecular weight excluding hydrogens is 306 g/mol. The molecule has 0 spiro atoms. The van der Waals surface area contributed by atoms with Gasteiger partial charge in [0.05, 0.1) is 17.8 Å². The summed E-state index contributed by atoms with van der Waals surface area (Å²) in [5.74, 6) is 1.52. The minimum Gasteiger partial charge on any atom is -0.497 e. The molecule has 104 valence electrons. The van der Waals surface area contributed by atoms with E-state index < -0.39 is 0 Å². The number of methoxy groups -OCH3 is 1. The van der Waals surface area contributed by atoms with Gasteiger partial charge in [0.25, 0.3) is 0 Å². The average molecular weight is 326 g/mol. The van der Waals surface area contributed by atoms with Gasteiger partial charge in [0.1, 0.15) is 11.3 Å². The Bertz CT molecular complexity index is 548. The van der Waals surface area contributed by atoms with Crippen molar-refractivity contribution in [1.29, 1.82) is 0 Å². The maximum Gasteiger partial charge on any atom is 0.148 e. The van der Waals surface area contributed by atoms with Crippen LogP contribution in [-0.4, -0.2) is 20.2 Å². The summed E-state index contributed by atoms with van der Waals surface area (Å²) in [6.07, 6.45) is 2.80. The number of halogens is 1. The summed E-state index contributed by atoms with van der Waals surface area (Å²) in [6.45, 7) is 6.43. The number of rotatable bonds is 6. The van der Waals surface area contributed by atoms with E-state index in [0.717, 1.165) is 40.7 Å². The number of hydrogen-bond donors (Lipinski definition) is 1. The molecule has 0 radical (unpaired) electrons. The van der Waals surface area contributed by atoms with E-state index in [1.807, 2.05) is 18.4 Å². The third kappa shape index (κ3) is 3.51. The van der Waals surface area contributed by atoms with Crippen molar-refractivity contribution in [3.63, 3.8) is 0 Å². The Morgan fingerprint density at radius 1 is 1.37 bits per heavy atom. The summed E-state index contributed by atoms with van der Waals surface area (Å²) in [5, 5.41) is 4.57. The fourth-order valence-corrected chi connectivity index (χ4v) is 2.58. The molecule has 2 aromatic rings. The zero-order chi connectivity index (χ0) is 13.8. The molecule has 19 heavy (non-hydrogen) atoms. The molecule has 1 N–H and O–H groups in total. The molecule has 4 heteroatoms. The van der Waals surface area contributed by atoms with E-state index in [1.54, 1.807) is 7.11 Å². The van der Waals surface area contributed by atoms with E-state index in [9.17, 15) is 0 Å². The SMILES string of the molecule is COc1cc(Br)c2occ(CCNCC(C)C)c2c1. The van der Waals surface area contributed by atoms with Crippen LogP contribution in [0.4, 0.5) is 0 Å². The lowest BCUT2D eigenvalue weighted by Crippen LogP contribution is -2.21. The fourth-order valence-electron chi connectivity index (χ4n) is 2.05. The third-order valence-electron chi connectivity index (χ3n) is 3.04. The van der Waals surface area contributed by atoms with Gasteiger partial charge in [-0.15, -0.1) is 0 Å². The lowest BCUT2D eigenvalue weighted by atomic mass is 10.1. The monoisotopic (exact) mass is 325 g/mol. The lowest BCUT2D eigenvalue weighted by molar-refractivity contribution is 0.415. The predicted molar refractivity (Wildman–Crippen MR) is 81.9 cm³/mol. The minimum atomic E-state index is 0.676. The van der Waals surface area contributed by atoms with Crippen LogP contribution in [0.2, 0.25) is 0 Å². The van der Waals surface area contributed by atoms with Gasteiger partial charge in [0.15, 0.2) is 0 Å². The summed E-state index contributed by atoms with van der Waals surface area (Å²) < 4.78 is 11.9. The average Bonchev–Trinajstić information content (AvgIpc) is 2.78. The van der Waals surface area contributed by atoms with Gasteiger partial charge < -0.3 is 14.5 Å². The topological polar surface area (TPSA) is 34.4 Å². The molecule has 0 unspecified atom stereocenters. The van der Waals surface area contributed by atoms with Crippen molar-refractivity contribution in [1.82, 2.24) is 5.32 Å². The molecule has 1 aromatic heterocycles. The van der Waals surface area contributed by atoms with Crippen LogP contribution in [0, 0.1) is 5.92 Å². The summed E-state index contributed by atoms with van der Waals surface area (Å²) in [5.41, 5.74) is 2.10.